The van der Waals surface area contributed by atoms with Gasteiger partial charge in [-0.2, -0.15) is 0 Å². The third-order valence-corrected chi connectivity index (χ3v) is 3.71. The molecule has 2 aromatic carbocycles. The molecule has 0 atom stereocenters. The van der Waals surface area contributed by atoms with E-state index < -0.39 is 0 Å². The van der Waals surface area contributed by atoms with Crippen LogP contribution in [0.1, 0.15) is 25.0 Å². The molecule has 27 heavy (non-hydrogen) atoms. The standard InChI is InChI=1S/C20H27N3O3.HI/c1-3-25-17-9-10-19(26-4-2)18(13-17)23-20(21)22-12-11-15-5-7-16(14-24)8-6-15;/h5-10,13,24H,3-4,11-12,14H2,1-2H3,(H3,21,22,23);1H. The minimum atomic E-state index is 0. The van der Waals surface area contributed by atoms with Gasteiger partial charge in [-0.25, -0.2) is 0 Å². The second-order valence-corrected chi connectivity index (χ2v) is 5.64. The first-order valence-electron chi connectivity index (χ1n) is 8.81. The number of aliphatic imine (C=N–C) groups is 1. The number of hydrogen-bond donors (Lipinski definition) is 3. The number of anilines is 1. The zero-order valence-corrected chi connectivity index (χ0v) is 18.1. The van der Waals surface area contributed by atoms with Crippen molar-refractivity contribution in [2.24, 2.45) is 10.7 Å². The van der Waals surface area contributed by atoms with E-state index in [1.165, 1.54) is 0 Å². The minimum Gasteiger partial charge on any atom is -0.494 e. The molecule has 4 N–H and O–H groups in total. The maximum Gasteiger partial charge on any atom is 0.193 e. The van der Waals surface area contributed by atoms with Gasteiger partial charge in [0.15, 0.2) is 5.96 Å². The largest absolute Gasteiger partial charge is 0.494 e. The Morgan fingerprint density at radius 2 is 1.70 bits per heavy atom. The topological polar surface area (TPSA) is 89.1 Å². The van der Waals surface area contributed by atoms with Gasteiger partial charge in [-0.05, 0) is 43.5 Å². The molecule has 0 aliphatic carbocycles. The van der Waals surface area contributed by atoms with Crippen molar-refractivity contribution in [2.45, 2.75) is 26.9 Å². The molecule has 0 fully saturated rings. The van der Waals surface area contributed by atoms with Gasteiger partial charge in [-0.3, -0.25) is 4.99 Å². The number of nitrogens with zero attached hydrogens (tertiary/aromatic N) is 1. The summed E-state index contributed by atoms with van der Waals surface area (Å²) < 4.78 is 11.1. The van der Waals surface area contributed by atoms with Crippen molar-refractivity contribution in [3.63, 3.8) is 0 Å². The van der Waals surface area contributed by atoms with Crippen LogP contribution in [0.3, 0.4) is 0 Å². The molecule has 148 valence electrons. The zero-order chi connectivity index (χ0) is 18.8. The molecule has 0 radical (unpaired) electrons. The Kier molecular flexibility index (Phi) is 10.6. The number of halogens is 1. The Bertz CT molecular complexity index is 721. The lowest BCUT2D eigenvalue weighted by atomic mass is 10.1. The fourth-order valence-corrected chi connectivity index (χ4v) is 2.44. The van der Waals surface area contributed by atoms with Crippen molar-refractivity contribution in [2.75, 3.05) is 25.1 Å². The van der Waals surface area contributed by atoms with Crippen molar-refractivity contribution in [3.05, 3.63) is 53.6 Å². The van der Waals surface area contributed by atoms with Crippen LogP contribution < -0.4 is 20.5 Å². The second-order valence-electron chi connectivity index (χ2n) is 5.64. The number of nitrogens with one attached hydrogen (secondary N) is 1. The fourth-order valence-electron chi connectivity index (χ4n) is 2.44. The Hall–Kier alpha value is -2.00. The monoisotopic (exact) mass is 485 g/mol. The molecule has 0 spiro atoms. The molecule has 0 aliphatic rings. The number of hydrogen-bond acceptors (Lipinski definition) is 4. The zero-order valence-electron chi connectivity index (χ0n) is 15.8. The first-order chi connectivity index (χ1) is 12.7. The molecule has 7 heteroatoms. The highest BCUT2D eigenvalue weighted by Crippen LogP contribution is 2.29. The Morgan fingerprint density at radius 1 is 1.04 bits per heavy atom. The van der Waals surface area contributed by atoms with Crippen molar-refractivity contribution in [3.8, 4) is 11.5 Å². The summed E-state index contributed by atoms with van der Waals surface area (Å²) in [5, 5.41) is 12.2. The first-order valence-corrected chi connectivity index (χ1v) is 8.81. The van der Waals surface area contributed by atoms with E-state index in [0.29, 0.717) is 31.5 Å². The molecule has 0 heterocycles. The number of guanidine groups is 1. The number of rotatable bonds is 9. The molecule has 0 bridgehead atoms. The highest BCUT2D eigenvalue weighted by atomic mass is 127. The van der Waals surface area contributed by atoms with Gasteiger partial charge in [0.25, 0.3) is 0 Å². The third-order valence-electron chi connectivity index (χ3n) is 3.71. The molecule has 0 aliphatic heterocycles. The van der Waals surface area contributed by atoms with E-state index in [4.69, 9.17) is 20.3 Å². The second kappa shape index (κ2) is 12.4. The van der Waals surface area contributed by atoms with Gasteiger partial charge in [0.05, 0.1) is 25.5 Å². The number of aliphatic hydroxyl groups excluding tert-OH is 1. The fraction of sp³-hybridized carbons (Fsp3) is 0.350. The molecule has 0 amide bonds. The quantitative estimate of drug-likeness (QED) is 0.287. The third kappa shape index (κ3) is 7.64. The maximum absolute atomic E-state index is 9.07. The minimum absolute atomic E-state index is 0. The lowest BCUT2D eigenvalue weighted by molar-refractivity contribution is 0.282. The van der Waals surface area contributed by atoms with E-state index in [1.54, 1.807) is 0 Å². The van der Waals surface area contributed by atoms with E-state index in [0.717, 1.165) is 29.0 Å². The molecule has 6 nitrogen and oxygen atoms in total. The first kappa shape index (κ1) is 23.0. The van der Waals surface area contributed by atoms with Crippen LogP contribution in [0.2, 0.25) is 0 Å². The summed E-state index contributed by atoms with van der Waals surface area (Å²) in [5.41, 5.74) is 8.79. The van der Waals surface area contributed by atoms with E-state index in [9.17, 15) is 0 Å². The van der Waals surface area contributed by atoms with Gasteiger partial charge in [0, 0.05) is 12.6 Å². The Labute approximate surface area is 177 Å². The highest BCUT2D eigenvalue weighted by molar-refractivity contribution is 14.0. The van der Waals surface area contributed by atoms with Gasteiger partial charge < -0.3 is 25.6 Å². The predicted molar refractivity (Wildman–Crippen MR) is 120 cm³/mol. The summed E-state index contributed by atoms with van der Waals surface area (Å²) in [6, 6.07) is 13.4. The average Bonchev–Trinajstić information content (AvgIpc) is 2.65. The summed E-state index contributed by atoms with van der Waals surface area (Å²) in [4.78, 5) is 4.37. The summed E-state index contributed by atoms with van der Waals surface area (Å²) in [5.74, 6) is 1.77. The van der Waals surface area contributed by atoms with Crippen molar-refractivity contribution >= 4 is 35.6 Å². The predicted octanol–water partition coefficient (Wildman–Crippen LogP) is 3.56. The van der Waals surface area contributed by atoms with Crippen LogP contribution in [0.5, 0.6) is 11.5 Å². The van der Waals surface area contributed by atoms with Gasteiger partial charge in [-0.1, -0.05) is 24.3 Å². The van der Waals surface area contributed by atoms with E-state index in [-0.39, 0.29) is 30.6 Å². The lowest BCUT2D eigenvalue weighted by Crippen LogP contribution is -2.23. The van der Waals surface area contributed by atoms with Crippen LogP contribution in [-0.2, 0) is 13.0 Å². The molecule has 0 aromatic heterocycles. The van der Waals surface area contributed by atoms with Crippen LogP contribution in [0.25, 0.3) is 0 Å². The van der Waals surface area contributed by atoms with Crippen LogP contribution in [0, 0.1) is 0 Å². The van der Waals surface area contributed by atoms with E-state index in [2.05, 4.69) is 10.3 Å². The SMILES string of the molecule is CCOc1ccc(OCC)c(NC(N)=NCCc2ccc(CO)cc2)c1.I. The van der Waals surface area contributed by atoms with Crippen molar-refractivity contribution < 1.29 is 14.6 Å². The number of ether oxygens (including phenoxy) is 2. The smallest absolute Gasteiger partial charge is 0.193 e. The number of nitrogens with two attached hydrogens (primary N) is 1. The molecular weight excluding hydrogens is 457 g/mol. The van der Waals surface area contributed by atoms with Crippen LogP contribution in [0.15, 0.2) is 47.5 Å². The summed E-state index contributed by atoms with van der Waals surface area (Å²) >= 11 is 0. The lowest BCUT2D eigenvalue weighted by Gasteiger charge is -2.14. The Balaban J connectivity index is 0.00000364. The van der Waals surface area contributed by atoms with Gasteiger partial charge >= 0.3 is 0 Å². The van der Waals surface area contributed by atoms with Crippen molar-refractivity contribution in [1.82, 2.24) is 0 Å². The summed E-state index contributed by atoms with van der Waals surface area (Å²) in [6.07, 6.45) is 0.769. The van der Waals surface area contributed by atoms with E-state index >= 15 is 0 Å². The average molecular weight is 485 g/mol. The number of benzene rings is 2. The highest BCUT2D eigenvalue weighted by Gasteiger charge is 2.07. The van der Waals surface area contributed by atoms with Gasteiger partial charge in [-0.15, -0.1) is 24.0 Å². The molecular formula is C20H28IN3O3. The molecule has 2 aromatic rings. The van der Waals surface area contributed by atoms with Crippen molar-refractivity contribution in [1.29, 1.82) is 0 Å². The van der Waals surface area contributed by atoms with Crippen LogP contribution in [0.4, 0.5) is 5.69 Å². The van der Waals surface area contributed by atoms with Crippen LogP contribution in [-0.4, -0.2) is 30.8 Å². The molecule has 0 unspecified atom stereocenters. The Morgan fingerprint density at radius 3 is 2.33 bits per heavy atom. The van der Waals surface area contributed by atoms with E-state index in [1.807, 2.05) is 56.3 Å². The van der Waals surface area contributed by atoms with Gasteiger partial charge in [0.1, 0.15) is 11.5 Å². The van der Waals surface area contributed by atoms with Gasteiger partial charge in [0.2, 0.25) is 0 Å². The van der Waals surface area contributed by atoms with Crippen LogP contribution >= 0.6 is 24.0 Å². The molecule has 2 rings (SSSR count). The maximum atomic E-state index is 9.07. The summed E-state index contributed by atoms with van der Waals surface area (Å²) in [6.45, 7) is 5.63. The summed E-state index contributed by atoms with van der Waals surface area (Å²) in [7, 11) is 0. The molecule has 0 saturated carbocycles. The molecule has 0 saturated heterocycles. The normalized spacial score (nSPS) is 10.9. The number of aliphatic hydroxyl groups is 1.